The summed E-state index contributed by atoms with van der Waals surface area (Å²) in [5.41, 5.74) is 25.6. The number of benzene rings is 1. The predicted molar refractivity (Wildman–Crippen MR) is 65.4 cm³/mol. The lowest BCUT2D eigenvalue weighted by molar-refractivity contribution is 1.21. The van der Waals surface area contributed by atoms with Gasteiger partial charge in [-0.25, -0.2) is 0 Å². The molecule has 0 aliphatic heterocycles. The summed E-state index contributed by atoms with van der Waals surface area (Å²) in [6.45, 7) is 1.75. The molecule has 15 heavy (non-hydrogen) atoms. The molecule has 80 valence electrons. The summed E-state index contributed by atoms with van der Waals surface area (Å²) in [7, 11) is 0. The Morgan fingerprint density at radius 1 is 1.13 bits per heavy atom. The summed E-state index contributed by atoms with van der Waals surface area (Å²) in [5, 5.41) is 0. The van der Waals surface area contributed by atoms with E-state index in [1.807, 2.05) is 12.1 Å². The van der Waals surface area contributed by atoms with Crippen LogP contribution >= 0.6 is 0 Å². The second-order valence-corrected chi connectivity index (χ2v) is 3.36. The van der Waals surface area contributed by atoms with Gasteiger partial charge < -0.3 is 22.9 Å². The first-order chi connectivity index (χ1) is 7.00. The van der Waals surface area contributed by atoms with Gasteiger partial charge in [0.25, 0.3) is 0 Å². The molecule has 1 aromatic rings. The van der Waals surface area contributed by atoms with E-state index in [-0.39, 0.29) is 0 Å². The molecule has 0 aliphatic carbocycles. The van der Waals surface area contributed by atoms with Crippen LogP contribution in [-0.4, -0.2) is 0 Å². The van der Waals surface area contributed by atoms with Crippen molar-refractivity contribution < 1.29 is 0 Å². The van der Waals surface area contributed by atoms with Crippen LogP contribution in [0.4, 0.5) is 11.4 Å². The monoisotopic (exact) mass is 204 g/mol. The smallest absolute Gasteiger partial charge is 0.0553 e. The van der Waals surface area contributed by atoms with E-state index < -0.39 is 0 Å². The van der Waals surface area contributed by atoms with E-state index >= 15 is 0 Å². The van der Waals surface area contributed by atoms with Gasteiger partial charge >= 0.3 is 0 Å². The second-order valence-electron chi connectivity index (χ2n) is 3.36. The average Bonchev–Trinajstić information content (AvgIpc) is 2.19. The van der Waals surface area contributed by atoms with Crippen LogP contribution in [0.25, 0.3) is 6.08 Å². The third kappa shape index (κ3) is 2.95. The van der Waals surface area contributed by atoms with Crippen LogP contribution in [0.3, 0.4) is 0 Å². The molecule has 0 saturated heterocycles. The summed E-state index contributed by atoms with van der Waals surface area (Å²) >= 11 is 0. The Hall–Kier alpha value is -2.10. The number of anilines is 2. The highest BCUT2D eigenvalue weighted by molar-refractivity contribution is 5.68. The van der Waals surface area contributed by atoms with Gasteiger partial charge in [-0.2, -0.15) is 0 Å². The van der Waals surface area contributed by atoms with Gasteiger partial charge in [0.2, 0.25) is 0 Å². The van der Waals surface area contributed by atoms with Gasteiger partial charge in [-0.05, 0) is 30.7 Å². The van der Waals surface area contributed by atoms with E-state index in [9.17, 15) is 0 Å². The first-order valence-corrected chi connectivity index (χ1v) is 4.55. The molecule has 0 amide bonds. The molecule has 8 N–H and O–H groups in total. The van der Waals surface area contributed by atoms with E-state index in [2.05, 4.69) is 0 Å². The lowest BCUT2D eigenvalue weighted by Gasteiger charge is -2.01. The van der Waals surface area contributed by atoms with Gasteiger partial charge in [0.05, 0.1) is 17.1 Å². The van der Waals surface area contributed by atoms with Gasteiger partial charge in [-0.15, -0.1) is 0 Å². The Bertz CT molecular complexity index is 415. The molecule has 0 radical (unpaired) electrons. The number of rotatable bonds is 2. The number of allylic oxidation sites excluding steroid dienone is 2. The topological polar surface area (TPSA) is 104 Å². The van der Waals surface area contributed by atoms with Crippen LogP contribution in [-0.2, 0) is 0 Å². The summed E-state index contributed by atoms with van der Waals surface area (Å²) < 4.78 is 0. The van der Waals surface area contributed by atoms with Gasteiger partial charge in [0, 0.05) is 5.70 Å². The SMILES string of the molecule is C/C(N)=C(N)\C=C\c1ccc(N)c(N)c1. The van der Waals surface area contributed by atoms with Crippen LogP contribution in [0.15, 0.2) is 35.7 Å². The summed E-state index contributed by atoms with van der Waals surface area (Å²) in [4.78, 5) is 0. The molecule has 0 fully saturated rings. The van der Waals surface area contributed by atoms with E-state index in [1.165, 1.54) is 0 Å². The largest absolute Gasteiger partial charge is 0.401 e. The van der Waals surface area contributed by atoms with Crippen molar-refractivity contribution in [3.05, 3.63) is 41.2 Å². The standard InChI is InChI=1S/C11H16N4/c1-7(12)9(13)4-2-8-3-5-10(14)11(15)6-8/h2-6H,12-15H2,1H3/b4-2+,9-7-. The number of nitrogen functional groups attached to an aromatic ring is 2. The van der Waals surface area contributed by atoms with E-state index in [0.29, 0.717) is 22.8 Å². The Balaban J connectivity index is 2.91. The van der Waals surface area contributed by atoms with Crippen LogP contribution in [0, 0.1) is 0 Å². The fraction of sp³-hybridized carbons (Fsp3) is 0.0909. The molecule has 0 spiro atoms. The highest BCUT2D eigenvalue weighted by Gasteiger charge is 1.94. The predicted octanol–water partition coefficient (Wildman–Crippen LogP) is 1.01. The lowest BCUT2D eigenvalue weighted by Crippen LogP contribution is -2.03. The van der Waals surface area contributed by atoms with Crippen molar-refractivity contribution in [1.82, 2.24) is 0 Å². The molecule has 0 unspecified atom stereocenters. The van der Waals surface area contributed by atoms with Crippen LogP contribution in [0.5, 0.6) is 0 Å². The maximum atomic E-state index is 5.66. The maximum absolute atomic E-state index is 5.66. The molecule has 0 aliphatic rings. The van der Waals surface area contributed by atoms with Crippen molar-refractivity contribution in [1.29, 1.82) is 0 Å². The normalized spacial score (nSPS) is 12.9. The van der Waals surface area contributed by atoms with Crippen molar-refractivity contribution in [2.45, 2.75) is 6.92 Å². The summed E-state index contributed by atoms with van der Waals surface area (Å²) in [6, 6.07) is 5.40. The molecule has 0 saturated carbocycles. The maximum Gasteiger partial charge on any atom is 0.0553 e. The Labute approximate surface area is 89.2 Å². The van der Waals surface area contributed by atoms with Crippen molar-refractivity contribution in [2.24, 2.45) is 11.5 Å². The van der Waals surface area contributed by atoms with Gasteiger partial charge in [0.1, 0.15) is 0 Å². The van der Waals surface area contributed by atoms with Crippen LogP contribution in [0.1, 0.15) is 12.5 Å². The first-order valence-electron chi connectivity index (χ1n) is 4.55. The van der Waals surface area contributed by atoms with Gasteiger partial charge in [-0.1, -0.05) is 12.1 Å². The second kappa shape index (κ2) is 4.41. The van der Waals surface area contributed by atoms with E-state index in [1.54, 1.807) is 25.1 Å². The third-order valence-electron chi connectivity index (χ3n) is 2.02. The third-order valence-corrected chi connectivity index (χ3v) is 2.02. The Morgan fingerprint density at radius 2 is 1.80 bits per heavy atom. The molecule has 4 nitrogen and oxygen atoms in total. The molecule has 1 aromatic carbocycles. The molecule has 0 aromatic heterocycles. The van der Waals surface area contributed by atoms with Crippen LogP contribution < -0.4 is 22.9 Å². The minimum Gasteiger partial charge on any atom is -0.401 e. The highest BCUT2D eigenvalue weighted by atomic mass is 14.7. The molecule has 0 heterocycles. The lowest BCUT2D eigenvalue weighted by atomic mass is 10.1. The highest BCUT2D eigenvalue weighted by Crippen LogP contribution is 2.17. The average molecular weight is 204 g/mol. The number of hydrogen-bond donors (Lipinski definition) is 4. The molecule has 4 heteroatoms. The zero-order chi connectivity index (χ0) is 11.4. The zero-order valence-corrected chi connectivity index (χ0v) is 8.70. The summed E-state index contributed by atoms with van der Waals surface area (Å²) in [5.74, 6) is 0. The van der Waals surface area contributed by atoms with Crippen molar-refractivity contribution in [3.8, 4) is 0 Å². The van der Waals surface area contributed by atoms with Gasteiger partial charge in [0.15, 0.2) is 0 Å². The number of hydrogen-bond acceptors (Lipinski definition) is 4. The Kier molecular flexibility index (Phi) is 3.23. The first kappa shape index (κ1) is 11.0. The van der Waals surface area contributed by atoms with E-state index in [4.69, 9.17) is 22.9 Å². The van der Waals surface area contributed by atoms with Crippen molar-refractivity contribution in [3.63, 3.8) is 0 Å². The minimum atomic E-state index is 0.547. The number of nitrogens with two attached hydrogens (primary N) is 4. The summed E-state index contributed by atoms with van der Waals surface area (Å²) in [6.07, 6.45) is 3.57. The van der Waals surface area contributed by atoms with E-state index in [0.717, 1.165) is 5.56 Å². The van der Waals surface area contributed by atoms with Crippen molar-refractivity contribution >= 4 is 17.5 Å². The fourth-order valence-corrected chi connectivity index (χ4v) is 1.01. The molecule has 0 atom stereocenters. The fourth-order valence-electron chi connectivity index (χ4n) is 1.01. The Morgan fingerprint density at radius 3 is 2.33 bits per heavy atom. The zero-order valence-electron chi connectivity index (χ0n) is 8.70. The van der Waals surface area contributed by atoms with Crippen LogP contribution in [0.2, 0.25) is 0 Å². The van der Waals surface area contributed by atoms with Crippen molar-refractivity contribution in [2.75, 3.05) is 11.5 Å². The molecular weight excluding hydrogens is 188 g/mol. The molecular formula is C11H16N4. The minimum absolute atomic E-state index is 0.547. The molecule has 0 bridgehead atoms. The van der Waals surface area contributed by atoms with Gasteiger partial charge in [-0.3, -0.25) is 0 Å². The quantitative estimate of drug-likeness (QED) is 0.426. The molecule has 1 rings (SSSR count).